The van der Waals surface area contributed by atoms with Crippen molar-refractivity contribution < 1.29 is 84.4 Å². The third kappa shape index (κ3) is 36.5. The molecular weight excluding hydrogens is 818 g/mol. The molecule has 0 aromatic heterocycles. The number of likely N-dealkylation sites (N-methyl/N-ethyl adjacent to an activating group) is 2. The smallest absolute Gasteiger partial charge is 0.430 e. The number of nitrogens with zero attached hydrogens (tertiary/aromatic N) is 2. The van der Waals surface area contributed by atoms with Crippen molar-refractivity contribution >= 4 is 23.9 Å². The van der Waals surface area contributed by atoms with Gasteiger partial charge in [-0.1, -0.05) is 117 Å². The summed E-state index contributed by atoms with van der Waals surface area (Å²) in [7, 11) is 8.00. The minimum atomic E-state index is -5.19. The molecule has 0 aliphatic heterocycles. The fraction of sp³-hybridized carbons (Fsp3) is 0.907. The Bertz CT molecular complexity index is 1040. The highest BCUT2D eigenvalue weighted by Crippen LogP contribution is 2.17. The zero-order chi connectivity index (χ0) is 47.4. The molecule has 12 nitrogen and oxygen atoms in total. The number of aliphatic carboxylic acids is 2. The zero-order valence-corrected chi connectivity index (χ0v) is 38.0. The van der Waals surface area contributed by atoms with Gasteiger partial charge in [0.1, 0.15) is 25.2 Å². The Morgan fingerprint density at radius 3 is 0.885 bits per heavy atom. The van der Waals surface area contributed by atoms with E-state index in [4.69, 9.17) is 29.3 Å². The molecule has 0 amide bonds. The van der Waals surface area contributed by atoms with Gasteiger partial charge in [-0.3, -0.25) is 0 Å². The number of hydrogen-bond donors (Lipinski definition) is 2. The fourth-order valence-corrected chi connectivity index (χ4v) is 6.41. The van der Waals surface area contributed by atoms with E-state index in [0.717, 1.165) is 45.2 Å². The second-order valence-electron chi connectivity index (χ2n) is 16.7. The van der Waals surface area contributed by atoms with E-state index in [0.29, 0.717) is 35.0 Å². The lowest BCUT2D eigenvalue weighted by atomic mass is 10.1. The summed E-state index contributed by atoms with van der Waals surface area (Å²) in [5, 5.41) is 37.5. The predicted octanol–water partition coefficient (Wildman–Crippen LogP) is 6.56. The zero-order valence-electron chi connectivity index (χ0n) is 38.0. The van der Waals surface area contributed by atoms with Crippen LogP contribution in [-0.2, 0) is 28.7 Å². The van der Waals surface area contributed by atoms with Gasteiger partial charge in [0.05, 0.1) is 54.5 Å². The lowest BCUT2D eigenvalue weighted by Crippen LogP contribution is -2.55. The molecule has 61 heavy (non-hydrogen) atoms. The van der Waals surface area contributed by atoms with Crippen LogP contribution in [0.25, 0.3) is 0 Å². The Labute approximate surface area is 361 Å². The largest absolute Gasteiger partial charge is 0.542 e. The minimum Gasteiger partial charge on any atom is -0.542 e. The van der Waals surface area contributed by atoms with Crippen molar-refractivity contribution in [3.05, 3.63) is 0 Å². The molecule has 0 aromatic carbocycles. The Balaban J connectivity index is -0.00000203. The van der Waals surface area contributed by atoms with Crippen LogP contribution < -0.4 is 10.2 Å². The van der Waals surface area contributed by atoms with Crippen molar-refractivity contribution in [1.82, 2.24) is 0 Å². The molecule has 0 spiro atoms. The molecular formula is C43H80F6N2O10. The number of carboxylic acid groups (broad SMARTS) is 2. The molecule has 364 valence electrons. The van der Waals surface area contributed by atoms with Crippen molar-refractivity contribution in [2.75, 3.05) is 67.7 Å². The van der Waals surface area contributed by atoms with Crippen LogP contribution >= 0.6 is 0 Å². The van der Waals surface area contributed by atoms with E-state index < -0.39 is 36.4 Å². The van der Waals surface area contributed by atoms with E-state index in [9.17, 15) is 46.1 Å². The Hall–Kier alpha value is -2.70. The lowest BCUT2D eigenvalue weighted by molar-refractivity contribution is -0.907. The summed E-state index contributed by atoms with van der Waals surface area (Å²) in [5.74, 6) is -6.70. The van der Waals surface area contributed by atoms with Gasteiger partial charge >= 0.3 is 24.3 Å². The van der Waals surface area contributed by atoms with Gasteiger partial charge in [0.2, 0.25) is 12.1 Å². The molecule has 0 aliphatic carbocycles. The van der Waals surface area contributed by atoms with Gasteiger partial charge in [0.25, 0.3) is 0 Å². The van der Waals surface area contributed by atoms with Crippen molar-refractivity contribution in [3.8, 4) is 0 Å². The quantitative estimate of drug-likeness (QED) is 0.0312. The summed E-state index contributed by atoms with van der Waals surface area (Å²) in [6.07, 6.45) is 17.2. The Morgan fingerprint density at radius 1 is 0.459 bits per heavy atom. The minimum absolute atomic E-state index is 0.223. The van der Waals surface area contributed by atoms with Gasteiger partial charge in [-0.2, -0.15) is 26.3 Å². The van der Waals surface area contributed by atoms with Crippen LogP contribution in [0, 0.1) is 0 Å². The molecule has 0 saturated carbocycles. The standard InChI is InChI=1S/C39H80N2O6.2C2HF3O2/c1-7-9-11-13-15-17-19-21-23-26-30-40(3,4)36(34-42)38(44)46-32-28-25-29-33-47-39(45)37(35-43)41(5,6)31-27-24-22-20-18-16-14-12-10-8-2;2*3-2(4,5)1(6)7/h36-37,42-43H,7-35H2,1-6H3;2*(H,6,7)/q+2;;/p-2/t36-,37?;;/m0../s1. The second-order valence-corrected chi connectivity index (χ2v) is 16.7. The van der Waals surface area contributed by atoms with E-state index in [1.807, 2.05) is 28.2 Å². The van der Waals surface area contributed by atoms with Gasteiger partial charge < -0.3 is 48.5 Å². The number of carbonyl (C=O) groups is 4. The second kappa shape index (κ2) is 36.8. The molecule has 0 fully saturated rings. The van der Waals surface area contributed by atoms with E-state index >= 15 is 0 Å². The van der Waals surface area contributed by atoms with E-state index in [2.05, 4.69) is 13.8 Å². The van der Waals surface area contributed by atoms with Crippen LogP contribution in [0.1, 0.15) is 162 Å². The Morgan fingerprint density at radius 2 is 0.672 bits per heavy atom. The molecule has 0 saturated heterocycles. The van der Waals surface area contributed by atoms with Crippen molar-refractivity contribution in [2.24, 2.45) is 0 Å². The highest BCUT2D eigenvalue weighted by atomic mass is 19.4. The number of ether oxygens (including phenoxy) is 2. The maximum absolute atomic E-state index is 12.8. The number of esters is 2. The van der Waals surface area contributed by atoms with Crippen LogP contribution in [0.15, 0.2) is 0 Å². The number of aliphatic hydroxyl groups is 2. The molecule has 2 atom stereocenters. The first-order valence-electron chi connectivity index (χ1n) is 22.2. The van der Waals surface area contributed by atoms with Crippen molar-refractivity contribution in [2.45, 2.75) is 186 Å². The number of carboxylic acids is 2. The number of aliphatic hydroxyl groups excluding tert-OH is 2. The first-order valence-corrected chi connectivity index (χ1v) is 22.2. The Kier molecular flexibility index (Phi) is 37.7. The SMILES string of the molecule is CCCCCCCCCCCC[N+](C)(C)C(CO)C(=O)OCCCCCOC(=O)[C@H](CO)[N+](C)(C)CCCCCCCCCCCC.O=C([O-])C(F)(F)F.O=C([O-])C(F)(F)F. The molecule has 0 heterocycles. The van der Waals surface area contributed by atoms with Crippen LogP contribution in [0.3, 0.4) is 0 Å². The maximum Gasteiger partial charge on any atom is 0.430 e. The number of unbranched alkanes of at least 4 members (excludes halogenated alkanes) is 20. The molecule has 0 rings (SSSR count). The van der Waals surface area contributed by atoms with Crippen molar-refractivity contribution in [1.29, 1.82) is 0 Å². The van der Waals surface area contributed by atoms with Gasteiger partial charge in [-0.25, -0.2) is 9.59 Å². The first-order chi connectivity index (χ1) is 28.5. The number of carbonyl (C=O) groups excluding carboxylic acids is 4. The van der Waals surface area contributed by atoms with Gasteiger partial charge in [-0.15, -0.1) is 0 Å². The van der Waals surface area contributed by atoms with Gasteiger partial charge in [0.15, 0.2) is 0 Å². The van der Waals surface area contributed by atoms with E-state index in [-0.39, 0.29) is 25.2 Å². The normalized spacial score (nSPS) is 13.0. The monoisotopic (exact) mass is 899 g/mol. The van der Waals surface area contributed by atoms with Crippen LogP contribution in [0.2, 0.25) is 0 Å². The number of halogens is 6. The predicted molar refractivity (Wildman–Crippen MR) is 217 cm³/mol. The summed E-state index contributed by atoms with van der Waals surface area (Å²) < 4.78 is 75.0. The summed E-state index contributed by atoms with van der Waals surface area (Å²) >= 11 is 0. The molecule has 0 aliphatic rings. The summed E-state index contributed by atoms with van der Waals surface area (Å²) in [4.78, 5) is 43.1. The van der Waals surface area contributed by atoms with E-state index in [1.165, 1.54) is 103 Å². The summed E-state index contributed by atoms with van der Waals surface area (Å²) in [6.45, 7) is 6.32. The molecule has 2 N–H and O–H groups in total. The summed E-state index contributed by atoms with van der Waals surface area (Å²) in [6, 6.07) is -1.15. The molecule has 1 unspecified atom stereocenters. The van der Waals surface area contributed by atoms with Crippen LogP contribution in [0.4, 0.5) is 26.3 Å². The summed E-state index contributed by atoms with van der Waals surface area (Å²) in [5.41, 5.74) is 0. The van der Waals surface area contributed by atoms with Crippen LogP contribution in [-0.4, -0.2) is 135 Å². The third-order valence-corrected chi connectivity index (χ3v) is 10.5. The van der Waals surface area contributed by atoms with Crippen LogP contribution in [0.5, 0.6) is 0 Å². The molecule has 0 bridgehead atoms. The lowest BCUT2D eigenvalue weighted by Gasteiger charge is -2.35. The molecule has 0 aromatic rings. The number of quaternary nitrogens is 2. The molecule has 18 heteroatoms. The maximum atomic E-state index is 12.8. The number of hydrogen-bond acceptors (Lipinski definition) is 10. The highest BCUT2D eigenvalue weighted by Gasteiger charge is 2.36. The van der Waals surface area contributed by atoms with Gasteiger partial charge in [-0.05, 0) is 44.9 Å². The average Bonchev–Trinajstić information content (AvgIpc) is 3.16. The van der Waals surface area contributed by atoms with E-state index in [1.54, 1.807) is 0 Å². The van der Waals surface area contributed by atoms with Crippen molar-refractivity contribution in [3.63, 3.8) is 0 Å². The van der Waals surface area contributed by atoms with Gasteiger partial charge in [0, 0.05) is 0 Å². The fourth-order valence-electron chi connectivity index (χ4n) is 6.41. The topological polar surface area (TPSA) is 173 Å². The first kappa shape index (κ1) is 62.6. The third-order valence-electron chi connectivity index (χ3n) is 10.5. The number of alkyl halides is 6. The number of rotatable bonds is 34. The average molecular weight is 899 g/mol. The molecule has 0 radical (unpaired) electrons. The highest BCUT2D eigenvalue weighted by molar-refractivity contribution is 5.75.